The van der Waals surface area contributed by atoms with Crippen LogP contribution in [0.2, 0.25) is 0 Å². The molecule has 6 nitrogen and oxygen atoms in total. The molecule has 2 fully saturated rings. The van der Waals surface area contributed by atoms with Gasteiger partial charge in [-0.15, -0.1) is 0 Å². The van der Waals surface area contributed by atoms with Gasteiger partial charge in [-0.05, 0) is 39.3 Å². The number of aliphatic hydroxyl groups excluding tert-OH is 1. The number of aliphatic hydroxyl groups is 1. The Morgan fingerprint density at radius 2 is 2.00 bits per heavy atom. The minimum atomic E-state index is -0.305. The highest BCUT2D eigenvalue weighted by atomic mass is 16.5. The van der Waals surface area contributed by atoms with Gasteiger partial charge in [-0.1, -0.05) is 6.42 Å². The Kier molecular flexibility index (Phi) is 6.27. The summed E-state index contributed by atoms with van der Waals surface area (Å²) in [6, 6.07) is 2.46. The van der Waals surface area contributed by atoms with Crippen molar-refractivity contribution in [2.24, 2.45) is 0 Å². The van der Waals surface area contributed by atoms with E-state index in [1.165, 1.54) is 19.3 Å². The fraction of sp³-hybridized carbons (Fsp3) is 0.833. The monoisotopic (exact) mass is 336 g/mol. The van der Waals surface area contributed by atoms with Gasteiger partial charge in [0.15, 0.2) is 0 Å². The van der Waals surface area contributed by atoms with E-state index in [2.05, 4.69) is 28.7 Å². The summed E-state index contributed by atoms with van der Waals surface area (Å²) in [6.07, 6.45) is 7.76. The van der Waals surface area contributed by atoms with Crippen LogP contribution in [0.15, 0.2) is 18.5 Å². The van der Waals surface area contributed by atoms with Gasteiger partial charge in [0.05, 0.1) is 24.9 Å². The van der Waals surface area contributed by atoms with Crippen LogP contribution in [0.5, 0.6) is 0 Å². The van der Waals surface area contributed by atoms with Gasteiger partial charge in [-0.25, -0.2) is 0 Å². The maximum Gasteiger partial charge on any atom is 0.0793 e. The quantitative estimate of drug-likeness (QED) is 0.846. The van der Waals surface area contributed by atoms with Crippen LogP contribution in [0.1, 0.15) is 33.1 Å². The van der Waals surface area contributed by atoms with Crippen LogP contribution >= 0.6 is 0 Å². The van der Waals surface area contributed by atoms with Gasteiger partial charge < -0.3 is 9.84 Å². The number of morpholine rings is 1. The van der Waals surface area contributed by atoms with E-state index in [1.54, 1.807) is 0 Å². The summed E-state index contributed by atoms with van der Waals surface area (Å²) in [7, 11) is 0. The smallest absolute Gasteiger partial charge is 0.0793 e. The van der Waals surface area contributed by atoms with Gasteiger partial charge in [0.25, 0.3) is 0 Å². The molecule has 1 N–H and O–H groups in total. The molecule has 24 heavy (non-hydrogen) atoms. The standard InChI is InChI=1S/C18H32N4O2/c1-15-10-20(11-16(2)24-15)13-18(23)14-21-8-4-3-6-17(21)12-22-9-5-7-19-22/h5,7,9,15-18,23H,3-4,6,8,10-14H2,1-2H3. The predicted molar refractivity (Wildman–Crippen MR) is 93.9 cm³/mol. The summed E-state index contributed by atoms with van der Waals surface area (Å²) >= 11 is 0. The van der Waals surface area contributed by atoms with Crippen molar-refractivity contribution in [3.05, 3.63) is 18.5 Å². The third-order valence-corrected chi connectivity index (χ3v) is 5.12. The number of likely N-dealkylation sites (tertiary alicyclic amines) is 1. The van der Waals surface area contributed by atoms with Crippen LogP contribution < -0.4 is 0 Å². The zero-order chi connectivity index (χ0) is 16.9. The Labute approximate surface area is 145 Å². The predicted octanol–water partition coefficient (Wildman–Crippen LogP) is 1.21. The minimum Gasteiger partial charge on any atom is -0.390 e. The Bertz CT molecular complexity index is 471. The van der Waals surface area contributed by atoms with E-state index in [4.69, 9.17) is 4.74 Å². The van der Waals surface area contributed by atoms with E-state index in [0.29, 0.717) is 6.04 Å². The Balaban J connectivity index is 1.50. The lowest BCUT2D eigenvalue weighted by atomic mass is 10.0. The highest BCUT2D eigenvalue weighted by Crippen LogP contribution is 2.19. The van der Waals surface area contributed by atoms with Crippen molar-refractivity contribution >= 4 is 0 Å². The van der Waals surface area contributed by atoms with Crippen molar-refractivity contribution in [2.45, 2.75) is 64.0 Å². The zero-order valence-corrected chi connectivity index (χ0v) is 15.0. The largest absolute Gasteiger partial charge is 0.390 e. The Morgan fingerprint density at radius 3 is 2.71 bits per heavy atom. The van der Waals surface area contributed by atoms with Crippen molar-refractivity contribution in [2.75, 3.05) is 32.7 Å². The molecule has 4 atom stereocenters. The molecular weight excluding hydrogens is 304 g/mol. The molecule has 0 bridgehead atoms. The second-order valence-electron chi connectivity index (χ2n) is 7.50. The van der Waals surface area contributed by atoms with E-state index >= 15 is 0 Å². The van der Waals surface area contributed by atoms with Gasteiger partial charge in [-0.2, -0.15) is 5.10 Å². The maximum atomic E-state index is 10.6. The summed E-state index contributed by atoms with van der Waals surface area (Å²) < 4.78 is 7.79. The first-order valence-corrected chi connectivity index (χ1v) is 9.37. The Hall–Kier alpha value is -0.950. The molecule has 136 valence electrons. The molecular formula is C18H32N4O2. The second-order valence-corrected chi connectivity index (χ2v) is 7.50. The lowest BCUT2D eigenvalue weighted by molar-refractivity contribution is -0.0792. The fourth-order valence-electron chi connectivity index (χ4n) is 4.19. The van der Waals surface area contributed by atoms with Crippen LogP contribution in [0, 0.1) is 0 Å². The average Bonchev–Trinajstić information content (AvgIpc) is 3.01. The van der Waals surface area contributed by atoms with Crippen molar-refractivity contribution in [3.8, 4) is 0 Å². The molecule has 2 aliphatic rings. The average molecular weight is 336 g/mol. The highest BCUT2D eigenvalue weighted by molar-refractivity contribution is 4.84. The molecule has 1 aromatic heterocycles. The molecule has 0 aromatic carbocycles. The first kappa shape index (κ1) is 17.9. The highest BCUT2D eigenvalue weighted by Gasteiger charge is 2.28. The van der Waals surface area contributed by atoms with E-state index in [1.807, 2.05) is 23.1 Å². The summed E-state index contributed by atoms with van der Waals surface area (Å²) in [6.45, 7) is 9.55. The number of nitrogens with zero attached hydrogens (tertiary/aromatic N) is 4. The number of β-amino-alcohol motifs (C(OH)–C–C–N with tert-alkyl or cyclic N) is 1. The second kappa shape index (κ2) is 8.43. The molecule has 0 saturated carbocycles. The van der Waals surface area contributed by atoms with Crippen molar-refractivity contribution in [1.82, 2.24) is 19.6 Å². The van der Waals surface area contributed by atoms with Crippen LogP contribution in [0.3, 0.4) is 0 Å². The van der Waals surface area contributed by atoms with Crippen molar-refractivity contribution < 1.29 is 9.84 Å². The molecule has 0 amide bonds. The van der Waals surface area contributed by atoms with Crippen molar-refractivity contribution in [1.29, 1.82) is 0 Å². The number of ether oxygens (including phenoxy) is 1. The van der Waals surface area contributed by atoms with E-state index in [9.17, 15) is 5.11 Å². The first-order chi connectivity index (χ1) is 11.6. The third-order valence-electron chi connectivity index (χ3n) is 5.12. The normalized spacial score (nSPS) is 31.2. The molecule has 1 aromatic rings. The van der Waals surface area contributed by atoms with Gasteiger partial charge in [0.1, 0.15) is 0 Å². The lowest BCUT2D eigenvalue weighted by Crippen LogP contribution is -2.51. The van der Waals surface area contributed by atoms with Gasteiger partial charge in [-0.3, -0.25) is 14.5 Å². The van der Waals surface area contributed by atoms with Crippen LogP contribution in [0.25, 0.3) is 0 Å². The van der Waals surface area contributed by atoms with E-state index < -0.39 is 0 Å². The van der Waals surface area contributed by atoms with E-state index in [0.717, 1.165) is 39.3 Å². The number of piperidine rings is 1. The molecule has 4 unspecified atom stereocenters. The molecule has 0 aliphatic carbocycles. The van der Waals surface area contributed by atoms with Crippen LogP contribution in [-0.4, -0.2) is 81.8 Å². The van der Waals surface area contributed by atoms with Gasteiger partial charge in [0.2, 0.25) is 0 Å². The fourth-order valence-corrected chi connectivity index (χ4v) is 4.19. The molecule has 0 spiro atoms. The zero-order valence-electron chi connectivity index (χ0n) is 15.0. The third kappa shape index (κ3) is 5.02. The number of rotatable bonds is 6. The molecule has 3 rings (SSSR count). The van der Waals surface area contributed by atoms with Gasteiger partial charge >= 0.3 is 0 Å². The SMILES string of the molecule is CC1CN(CC(O)CN2CCCCC2Cn2cccn2)CC(C)O1. The molecule has 2 aliphatic heterocycles. The topological polar surface area (TPSA) is 53.8 Å². The van der Waals surface area contributed by atoms with Crippen LogP contribution in [-0.2, 0) is 11.3 Å². The number of hydrogen-bond acceptors (Lipinski definition) is 5. The van der Waals surface area contributed by atoms with Gasteiger partial charge in [0, 0.05) is 44.6 Å². The van der Waals surface area contributed by atoms with Crippen LogP contribution in [0.4, 0.5) is 0 Å². The molecule has 6 heteroatoms. The summed E-state index contributed by atoms with van der Waals surface area (Å²) in [4.78, 5) is 4.80. The summed E-state index contributed by atoms with van der Waals surface area (Å²) in [5, 5.41) is 15.0. The number of aromatic nitrogens is 2. The maximum absolute atomic E-state index is 10.6. The first-order valence-electron chi connectivity index (χ1n) is 9.37. The molecule has 3 heterocycles. The minimum absolute atomic E-state index is 0.253. The number of hydrogen-bond donors (Lipinski definition) is 1. The molecule has 2 saturated heterocycles. The van der Waals surface area contributed by atoms with Crippen molar-refractivity contribution in [3.63, 3.8) is 0 Å². The summed E-state index contributed by atoms with van der Waals surface area (Å²) in [5.41, 5.74) is 0. The molecule has 0 radical (unpaired) electrons. The summed E-state index contributed by atoms with van der Waals surface area (Å²) in [5.74, 6) is 0. The Morgan fingerprint density at radius 1 is 1.21 bits per heavy atom. The van der Waals surface area contributed by atoms with E-state index in [-0.39, 0.29) is 18.3 Å². The lowest BCUT2D eigenvalue weighted by Gasteiger charge is -2.39.